The molecule has 0 aliphatic heterocycles. The van der Waals surface area contributed by atoms with Crippen molar-refractivity contribution in [2.75, 3.05) is 0 Å². The van der Waals surface area contributed by atoms with Crippen molar-refractivity contribution in [3.8, 4) is 11.6 Å². The summed E-state index contributed by atoms with van der Waals surface area (Å²) in [7, 11) is 0. The molecule has 5 heteroatoms. The van der Waals surface area contributed by atoms with Gasteiger partial charge in [-0.25, -0.2) is 8.78 Å². The van der Waals surface area contributed by atoms with Crippen molar-refractivity contribution in [3.05, 3.63) is 90.0 Å². The van der Waals surface area contributed by atoms with Gasteiger partial charge in [-0.15, -0.1) is 0 Å². The van der Waals surface area contributed by atoms with Crippen molar-refractivity contribution in [1.82, 2.24) is 4.57 Å². The summed E-state index contributed by atoms with van der Waals surface area (Å²) in [5.74, 6) is -3.29. The van der Waals surface area contributed by atoms with Gasteiger partial charge >= 0.3 is 0 Å². The monoisotopic (exact) mass is 400 g/mol. The molecule has 1 heterocycles. The second-order valence-electron chi connectivity index (χ2n) is 7.48. The average Bonchev–Trinajstić information content (AvgIpc) is 3.59. The molecule has 1 saturated carbocycles. The van der Waals surface area contributed by atoms with E-state index in [2.05, 4.69) is 17.1 Å². The Bertz CT molecular complexity index is 1220. The van der Waals surface area contributed by atoms with Crippen LogP contribution in [-0.2, 0) is 5.92 Å². The summed E-state index contributed by atoms with van der Waals surface area (Å²) in [6, 6.07) is 25.0. The summed E-state index contributed by atoms with van der Waals surface area (Å²) in [6.45, 7) is 0. The van der Waals surface area contributed by atoms with E-state index in [-0.39, 0.29) is 11.4 Å². The van der Waals surface area contributed by atoms with Crippen LogP contribution >= 0.6 is 0 Å². The predicted octanol–water partition coefficient (Wildman–Crippen LogP) is 6.19. The minimum atomic E-state index is -2.78. The summed E-state index contributed by atoms with van der Waals surface area (Å²) in [5, 5.41) is 11.7. The number of rotatable bonds is 5. The Labute approximate surface area is 172 Å². The van der Waals surface area contributed by atoms with Crippen LogP contribution in [0.4, 0.5) is 14.5 Å². The zero-order chi connectivity index (χ0) is 20.7. The standard InChI is InChI=1S/C25H18F2N2O/c26-25(27,17-10-11-17)18-12-14-19(15-13-18)28-16-22-21-8-4-5-9-23(21)29(24(22)30)20-6-2-1-3-7-20/h1-4,6-8,12-17,30H,10-11H2. The first-order valence-corrected chi connectivity index (χ1v) is 9.79. The number of para-hydroxylation sites is 1. The third-order valence-corrected chi connectivity index (χ3v) is 5.44. The first-order chi connectivity index (χ1) is 14.6. The van der Waals surface area contributed by atoms with Crippen LogP contribution in [-0.4, -0.2) is 15.9 Å². The van der Waals surface area contributed by atoms with E-state index in [1.807, 2.05) is 36.4 Å². The quantitative estimate of drug-likeness (QED) is 0.399. The van der Waals surface area contributed by atoms with Gasteiger partial charge < -0.3 is 5.11 Å². The molecule has 0 spiro atoms. The topological polar surface area (TPSA) is 37.5 Å². The molecular weight excluding hydrogens is 382 g/mol. The van der Waals surface area contributed by atoms with Crippen molar-refractivity contribution in [2.24, 2.45) is 10.9 Å². The number of aliphatic imine (C=N–C) groups is 1. The molecule has 0 amide bonds. The van der Waals surface area contributed by atoms with Crippen LogP contribution in [0.1, 0.15) is 24.0 Å². The highest BCUT2D eigenvalue weighted by atomic mass is 19.3. The molecule has 4 aromatic rings. The summed E-state index contributed by atoms with van der Waals surface area (Å²) in [5.41, 5.74) is 2.57. The van der Waals surface area contributed by atoms with Gasteiger partial charge in [-0.1, -0.05) is 36.4 Å². The van der Waals surface area contributed by atoms with Gasteiger partial charge in [0.1, 0.15) is 5.52 Å². The van der Waals surface area contributed by atoms with E-state index in [1.54, 1.807) is 29.0 Å². The fourth-order valence-electron chi connectivity index (χ4n) is 3.67. The summed E-state index contributed by atoms with van der Waals surface area (Å²) < 4.78 is 30.2. The Balaban J connectivity index is 1.51. The Morgan fingerprint density at radius 3 is 2.47 bits per heavy atom. The Hall–Kier alpha value is -3.65. The maximum atomic E-state index is 14.2. The average molecular weight is 400 g/mol. The molecule has 30 heavy (non-hydrogen) atoms. The van der Waals surface area contributed by atoms with Crippen LogP contribution in [0.25, 0.3) is 16.6 Å². The van der Waals surface area contributed by atoms with Gasteiger partial charge in [-0.3, -0.25) is 9.56 Å². The maximum absolute atomic E-state index is 14.2. The number of halogens is 2. The second-order valence-corrected chi connectivity index (χ2v) is 7.48. The lowest BCUT2D eigenvalue weighted by molar-refractivity contribution is -0.0285. The van der Waals surface area contributed by atoms with Crippen LogP contribution in [0.5, 0.6) is 5.88 Å². The Morgan fingerprint density at radius 1 is 1.03 bits per heavy atom. The van der Waals surface area contributed by atoms with Crippen molar-refractivity contribution in [2.45, 2.75) is 18.8 Å². The Morgan fingerprint density at radius 2 is 1.77 bits per heavy atom. The highest BCUT2D eigenvalue weighted by Gasteiger charge is 2.47. The van der Waals surface area contributed by atoms with Crippen LogP contribution in [0.15, 0.2) is 71.7 Å². The predicted molar refractivity (Wildman–Crippen MR) is 113 cm³/mol. The lowest BCUT2D eigenvalue weighted by Gasteiger charge is -2.15. The number of benzene rings is 2. The largest absolute Gasteiger partial charge is 0.494 e. The minimum Gasteiger partial charge on any atom is -0.494 e. The van der Waals surface area contributed by atoms with Crippen LogP contribution in [0.2, 0.25) is 0 Å². The number of nitrogens with zero attached hydrogens (tertiary/aromatic N) is 2. The third-order valence-electron chi connectivity index (χ3n) is 5.44. The van der Waals surface area contributed by atoms with Crippen LogP contribution in [0.3, 0.4) is 0 Å². The fourth-order valence-corrected chi connectivity index (χ4v) is 3.67. The van der Waals surface area contributed by atoms with E-state index < -0.39 is 11.8 Å². The van der Waals surface area contributed by atoms with E-state index in [4.69, 9.17) is 0 Å². The highest BCUT2D eigenvalue weighted by molar-refractivity contribution is 6.03. The summed E-state index contributed by atoms with van der Waals surface area (Å²) in [6.07, 6.45) is 2.71. The molecule has 0 unspecified atom stereocenters. The molecule has 1 aliphatic rings. The molecule has 0 atom stereocenters. The lowest BCUT2D eigenvalue weighted by Crippen LogP contribution is -2.15. The number of fused-ring (bicyclic) bond motifs is 1. The van der Waals surface area contributed by atoms with Gasteiger partial charge in [0.15, 0.2) is 0 Å². The number of alkyl halides is 2. The van der Waals surface area contributed by atoms with Gasteiger partial charge in [-0.05, 0) is 55.3 Å². The van der Waals surface area contributed by atoms with Gasteiger partial charge in [0.2, 0.25) is 5.88 Å². The van der Waals surface area contributed by atoms with E-state index in [1.165, 1.54) is 12.1 Å². The van der Waals surface area contributed by atoms with Crippen molar-refractivity contribution in [3.63, 3.8) is 0 Å². The summed E-state index contributed by atoms with van der Waals surface area (Å²) in [4.78, 5) is 4.41. The van der Waals surface area contributed by atoms with E-state index >= 15 is 0 Å². The minimum absolute atomic E-state index is 0.0256. The molecule has 3 nitrogen and oxygen atoms in total. The van der Waals surface area contributed by atoms with Crippen molar-refractivity contribution < 1.29 is 13.9 Å². The van der Waals surface area contributed by atoms with E-state index in [9.17, 15) is 13.9 Å². The molecule has 0 radical (unpaired) electrons. The van der Waals surface area contributed by atoms with Crippen LogP contribution < -0.4 is 0 Å². The summed E-state index contributed by atoms with van der Waals surface area (Å²) >= 11 is 0. The molecule has 1 aromatic heterocycles. The Kier molecular flexibility index (Phi) is 4.29. The number of aromatic hydroxyl groups is 1. The van der Waals surface area contributed by atoms with Crippen molar-refractivity contribution >= 4 is 22.8 Å². The zero-order valence-electron chi connectivity index (χ0n) is 16.0. The van der Waals surface area contributed by atoms with Gasteiger partial charge in [0, 0.05) is 28.8 Å². The molecule has 0 saturated heterocycles. The first-order valence-electron chi connectivity index (χ1n) is 9.79. The van der Waals surface area contributed by atoms with Gasteiger partial charge in [-0.2, -0.15) is 0 Å². The molecule has 5 rings (SSSR count). The molecule has 148 valence electrons. The fraction of sp³-hybridized carbons (Fsp3) is 0.160. The molecular formula is C25H18F2N2O. The molecule has 3 aromatic carbocycles. The normalized spacial score (nSPS) is 14.3. The SMILES string of the molecule is Oc1c(C=Nc2ccc(C(F)(F)C3CC3)cc2)c2ccc#cc2n1-c1ccccc1. The molecule has 1 aliphatic carbocycles. The number of hydrogen-bond donors (Lipinski definition) is 1. The third kappa shape index (κ3) is 3.11. The lowest BCUT2D eigenvalue weighted by atomic mass is 10.0. The second kappa shape index (κ2) is 7.00. The van der Waals surface area contributed by atoms with Crippen LogP contribution in [0, 0.1) is 18.1 Å². The first kappa shape index (κ1) is 18.4. The molecule has 1 fully saturated rings. The van der Waals surface area contributed by atoms with Gasteiger partial charge in [0.05, 0.1) is 11.3 Å². The highest BCUT2D eigenvalue weighted by Crippen LogP contribution is 2.49. The van der Waals surface area contributed by atoms with Crippen molar-refractivity contribution in [1.29, 1.82) is 0 Å². The smallest absolute Gasteiger partial charge is 0.276 e. The van der Waals surface area contributed by atoms with E-state index in [0.717, 1.165) is 11.1 Å². The molecule has 1 N–H and O–H groups in total. The maximum Gasteiger partial charge on any atom is 0.276 e. The van der Waals surface area contributed by atoms with E-state index in [0.29, 0.717) is 29.6 Å². The number of aromatic nitrogens is 1. The number of hydrogen-bond acceptors (Lipinski definition) is 2. The zero-order valence-corrected chi connectivity index (χ0v) is 16.0. The molecule has 0 bridgehead atoms. The van der Waals surface area contributed by atoms with Gasteiger partial charge in [0.25, 0.3) is 5.92 Å².